The molecule has 1 aromatic carbocycles. The molecule has 108 valence electrons. The van der Waals surface area contributed by atoms with Crippen molar-refractivity contribution < 1.29 is 5.11 Å². The van der Waals surface area contributed by atoms with Crippen LogP contribution in [0.1, 0.15) is 42.5 Å². The lowest BCUT2D eigenvalue weighted by molar-refractivity contribution is 0.263. The van der Waals surface area contributed by atoms with Crippen LogP contribution in [-0.2, 0) is 13.2 Å². The van der Waals surface area contributed by atoms with Crippen LogP contribution < -0.4 is 0 Å². The van der Waals surface area contributed by atoms with Gasteiger partial charge in [-0.25, -0.2) is 0 Å². The number of hydrogen-bond donors (Lipinski definition) is 1. The van der Waals surface area contributed by atoms with E-state index in [-0.39, 0.29) is 6.61 Å². The Hall–Kier alpha value is -1.33. The van der Waals surface area contributed by atoms with Crippen LogP contribution in [-0.4, -0.2) is 19.9 Å². The lowest BCUT2D eigenvalue weighted by Crippen LogP contribution is -2.05. The van der Waals surface area contributed by atoms with E-state index in [0.29, 0.717) is 11.1 Å². The van der Waals surface area contributed by atoms with Gasteiger partial charge in [0.15, 0.2) is 11.0 Å². The number of aryl methyl sites for hydroxylation is 1. The van der Waals surface area contributed by atoms with E-state index in [1.165, 1.54) is 11.1 Å². The quantitative estimate of drug-likeness (QED) is 0.829. The molecule has 0 radical (unpaired) electrons. The van der Waals surface area contributed by atoms with Gasteiger partial charge in [0, 0.05) is 11.8 Å². The van der Waals surface area contributed by atoms with Gasteiger partial charge < -0.3 is 9.67 Å². The summed E-state index contributed by atoms with van der Waals surface area (Å²) >= 11 is 1.69. The molecule has 2 rings (SSSR count). The highest BCUT2D eigenvalue weighted by atomic mass is 32.2. The van der Waals surface area contributed by atoms with Gasteiger partial charge >= 0.3 is 0 Å². The fourth-order valence-electron chi connectivity index (χ4n) is 2.12. The fraction of sp³-hybridized carbons (Fsp3) is 0.467. The van der Waals surface area contributed by atoms with E-state index in [1.54, 1.807) is 11.8 Å². The summed E-state index contributed by atoms with van der Waals surface area (Å²) in [6.45, 7) is 7.16. The normalized spacial score (nSPS) is 12.6. The van der Waals surface area contributed by atoms with Crippen molar-refractivity contribution in [1.82, 2.24) is 14.8 Å². The van der Waals surface area contributed by atoms with Crippen LogP contribution >= 0.6 is 11.8 Å². The Balaban J connectivity index is 2.19. The van der Waals surface area contributed by atoms with E-state index in [9.17, 15) is 5.11 Å². The molecule has 0 fully saturated rings. The van der Waals surface area contributed by atoms with Gasteiger partial charge in [0.25, 0.3) is 0 Å². The molecule has 4 nitrogen and oxygen atoms in total. The average Bonchev–Trinajstić information content (AvgIpc) is 2.81. The zero-order valence-electron chi connectivity index (χ0n) is 12.2. The summed E-state index contributed by atoms with van der Waals surface area (Å²) in [5, 5.41) is 18.8. The number of hydrogen-bond acceptors (Lipinski definition) is 4. The predicted molar refractivity (Wildman–Crippen MR) is 81.7 cm³/mol. The Morgan fingerprint density at radius 1 is 1.35 bits per heavy atom. The second-order valence-electron chi connectivity index (χ2n) is 4.88. The minimum Gasteiger partial charge on any atom is -0.388 e. The molecule has 2 aromatic rings. The van der Waals surface area contributed by atoms with Gasteiger partial charge in [0.2, 0.25) is 0 Å². The Morgan fingerprint density at radius 2 is 2.15 bits per heavy atom. The Kier molecular flexibility index (Phi) is 5.20. The van der Waals surface area contributed by atoms with E-state index >= 15 is 0 Å². The van der Waals surface area contributed by atoms with Crippen LogP contribution in [0.5, 0.6) is 0 Å². The first-order chi connectivity index (χ1) is 9.65. The molecule has 0 aliphatic heterocycles. The van der Waals surface area contributed by atoms with Gasteiger partial charge in [-0.3, -0.25) is 0 Å². The van der Waals surface area contributed by atoms with Crippen molar-refractivity contribution in [1.29, 1.82) is 0 Å². The molecular weight excluding hydrogens is 270 g/mol. The molecule has 5 heteroatoms. The van der Waals surface area contributed by atoms with Gasteiger partial charge in [-0.1, -0.05) is 48.5 Å². The van der Waals surface area contributed by atoms with E-state index in [1.807, 2.05) is 4.57 Å². The maximum absolute atomic E-state index is 9.31. The summed E-state index contributed by atoms with van der Waals surface area (Å²) < 4.78 is 2.01. The molecule has 1 heterocycles. The number of aliphatic hydroxyl groups excluding tert-OH is 1. The third-order valence-electron chi connectivity index (χ3n) is 3.18. The van der Waals surface area contributed by atoms with Gasteiger partial charge in [-0.2, -0.15) is 0 Å². The van der Waals surface area contributed by atoms with Crippen LogP contribution in [0.15, 0.2) is 29.4 Å². The topological polar surface area (TPSA) is 50.9 Å². The summed E-state index contributed by atoms with van der Waals surface area (Å²) in [7, 11) is 0. The molecule has 0 bridgehead atoms. The standard InChI is InChI=1S/C15H21N3OS/c1-4-8-18-14(10-19)16-17-15(18)20-12(3)13-7-5-6-11(2)9-13/h5-7,9,12,19H,4,8,10H2,1-3H3. The van der Waals surface area contributed by atoms with Gasteiger partial charge in [-0.05, 0) is 25.8 Å². The number of rotatable bonds is 6. The highest BCUT2D eigenvalue weighted by Crippen LogP contribution is 2.34. The van der Waals surface area contributed by atoms with Crippen LogP contribution in [0, 0.1) is 6.92 Å². The Bertz CT molecular complexity index is 568. The molecule has 0 amide bonds. The lowest BCUT2D eigenvalue weighted by Gasteiger charge is -2.13. The van der Waals surface area contributed by atoms with Crippen LogP contribution in [0.2, 0.25) is 0 Å². The Morgan fingerprint density at radius 3 is 2.80 bits per heavy atom. The molecule has 1 aromatic heterocycles. The first kappa shape index (κ1) is 15.1. The first-order valence-electron chi connectivity index (χ1n) is 6.91. The number of thioether (sulfide) groups is 1. The smallest absolute Gasteiger partial charge is 0.191 e. The molecular formula is C15H21N3OS. The van der Waals surface area contributed by atoms with Crippen molar-refractivity contribution >= 4 is 11.8 Å². The van der Waals surface area contributed by atoms with Gasteiger partial charge in [0.05, 0.1) is 0 Å². The highest BCUT2D eigenvalue weighted by Gasteiger charge is 2.15. The number of aromatic nitrogens is 3. The second kappa shape index (κ2) is 6.90. The third-order valence-corrected chi connectivity index (χ3v) is 4.31. The molecule has 0 saturated heterocycles. The second-order valence-corrected chi connectivity index (χ2v) is 6.19. The van der Waals surface area contributed by atoms with E-state index < -0.39 is 0 Å². The fourth-order valence-corrected chi connectivity index (χ4v) is 3.13. The largest absolute Gasteiger partial charge is 0.388 e. The molecule has 0 saturated carbocycles. The maximum Gasteiger partial charge on any atom is 0.191 e. The monoisotopic (exact) mass is 291 g/mol. The van der Waals surface area contributed by atoms with Crippen molar-refractivity contribution in [2.75, 3.05) is 0 Å². The summed E-state index contributed by atoms with van der Waals surface area (Å²) in [4.78, 5) is 0. The van der Waals surface area contributed by atoms with Gasteiger partial charge in [-0.15, -0.1) is 10.2 Å². The maximum atomic E-state index is 9.31. The van der Waals surface area contributed by atoms with Crippen molar-refractivity contribution in [3.05, 3.63) is 41.2 Å². The summed E-state index contributed by atoms with van der Waals surface area (Å²) in [5.74, 6) is 0.644. The summed E-state index contributed by atoms with van der Waals surface area (Å²) in [6.07, 6.45) is 0.997. The van der Waals surface area contributed by atoms with Crippen molar-refractivity contribution in [2.45, 2.75) is 50.8 Å². The molecule has 20 heavy (non-hydrogen) atoms. The summed E-state index contributed by atoms with van der Waals surface area (Å²) in [6, 6.07) is 8.52. The molecule has 0 aliphatic carbocycles. The number of aliphatic hydroxyl groups is 1. The minimum absolute atomic E-state index is 0.0631. The van der Waals surface area contributed by atoms with Gasteiger partial charge in [0.1, 0.15) is 6.61 Å². The first-order valence-corrected chi connectivity index (χ1v) is 7.79. The average molecular weight is 291 g/mol. The SMILES string of the molecule is CCCn1c(CO)nnc1SC(C)c1cccc(C)c1. The van der Waals surface area contributed by atoms with E-state index in [4.69, 9.17) is 0 Å². The Labute approximate surface area is 124 Å². The lowest BCUT2D eigenvalue weighted by atomic mass is 10.1. The number of nitrogens with zero attached hydrogens (tertiary/aromatic N) is 3. The van der Waals surface area contributed by atoms with Crippen LogP contribution in [0.4, 0.5) is 0 Å². The summed E-state index contributed by atoms with van der Waals surface area (Å²) in [5.41, 5.74) is 2.55. The minimum atomic E-state index is -0.0631. The molecule has 1 N–H and O–H groups in total. The van der Waals surface area contributed by atoms with Crippen molar-refractivity contribution in [3.63, 3.8) is 0 Å². The van der Waals surface area contributed by atoms with Crippen molar-refractivity contribution in [2.24, 2.45) is 0 Å². The predicted octanol–water partition coefficient (Wildman–Crippen LogP) is 3.34. The molecule has 0 aliphatic rings. The molecule has 0 spiro atoms. The van der Waals surface area contributed by atoms with Crippen LogP contribution in [0.25, 0.3) is 0 Å². The third kappa shape index (κ3) is 3.41. The molecule has 1 unspecified atom stereocenters. The van der Waals surface area contributed by atoms with Crippen molar-refractivity contribution in [3.8, 4) is 0 Å². The highest BCUT2D eigenvalue weighted by molar-refractivity contribution is 7.99. The zero-order chi connectivity index (χ0) is 14.5. The van der Waals surface area contributed by atoms with E-state index in [2.05, 4.69) is 55.2 Å². The zero-order valence-corrected chi connectivity index (χ0v) is 13.0. The van der Waals surface area contributed by atoms with Crippen LogP contribution in [0.3, 0.4) is 0 Å². The molecule has 1 atom stereocenters. The number of benzene rings is 1. The van der Waals surface area contributed by atoms with E-state index in [0.717, 1.165) is 18.1 Å².